The van der Waals surface area contributed by atoms with E-state index in [1.54, 1.807) is 12.1 Å². The van der Waals surface area contributed by atoms with E-state index in [2.05, 4.69) is 20.2 Å². The van der Waals surface area contributed by atoms with Crippen molar-refractivity contribution in [2.45, 2.75) is 4.90 Å². The quantitative estimate of drug-likeness (QED) is 0.577. The minimum absolute atomic E-state index is 0.132. The third-order valence-corrected chi connectivity index (χ3v) is 5.53. The number of hydrogen-bond donors (Lipinski definition) is 2. The van der Waals surface area contributed by atoms with Crippen LogP contribution in [0, 0.1) is 0 Å². The van der Waals surface area contributed by atoms with Gasteiger partial charge >= 0.3 is 0 Å². The predicted octanol–water partition coefficient (Wildman–Crippen LogP) is 1.43. The molecule has 10 heteroatoms. The Bertz CT molecular complexity index is 1040. The number of ether oxygens (including phenoxy) is 2. The number of anilines is 1. The molecule has 2 aromatic heterocycles. The van der Waals surface area contributed by atoms with E-state index in [0.717, 1.165) is 0 Å². The number of nitrogens with one attached hydrogen (secondary N) is 2. The molecule has 0 bridgehead atoms. The van der Waals surface area contributed by atoms with Crippen molar-refractivity contribution in [3.05, 3.63) is 54.9 Å². The van der Waals surface area contributed by atoms with Gasteiger partial charge in [0, 0.05) is 31.5 Å². The van der Waals surface area contributed by atoms with Crippen molar-refractivity contribution in [2.24, 2.45) is 0 Å². The highest BCUT2D eigenvalue weighted by Gasteiger charge is 2.18. The van der Waals surface area contributed by atoms with Gasteiger partial charge < -0.3 is 19.4 Å². The van der Waals surface area contributed by atoms with Crippen LogP contribution < -0.4 is 19.5 Å². The van der Waals surface area contributed by atoms with E-state index in [1.807, 2.05) is 35.2 Å². The number of aromatic nitrogens is 3. The molecule has 146 valence electrons. The smallest absolute Gasteiger partial charge is 0.240 e. The molecule has 28 heavy (non-hydrogen) atoms. The Morgan fingerprint density at radius 1 is 0.964 bits per heavy atom. The highest BCUT2D eigenvalue weighted by Crippen LogP contribution is 2.32. The third-order valence-electron chi connectivity index (χ3n) is 4.07. The summed E-state index contributed by atoms with van der Waals surface area (Å²) in [5, 5.41) is 11.2. The molecule has 0 saturated carbocycles. The van der Waals surface area contributed by atoms with Gasteiger partial charge in [0.05, 0.1) is 4.90 Å². The van der Waals surface area contributed by atoms with E-state index in [1.165, 1.54) is 12.1 Å². The first-order chi connectivity index (χ1) is 13.6. The molecule has 3 heterocycles. The lowest BCUT2D eigenvalue weighted by molar-refractivity contribution is 0.171. The van der Waals surface area contributed by atoms with Crippen LogP contribution in [0.5, 0.6) is 11.5 Å². The van der Waals surface area contributed by atoms with E-state index in [0.29, 0.717) is 42.9 Å². The lowest BCUT2D eigenvalue weighted by Crippen LogP contribution is -2.29. The molecule has 0 fully saturated rings. The Morgan fingerprint density at radius 3 is 2.50 bits per heavy atom. The number of benzene rings is 1. The van der Waals surface area contributed by atoms with Crippen molar-refractivity contribution < 1.29 is 17.9 Å². The van der Waals surface area contributed by atoms with E-state index >= 15 is 0 Å². The number of hydrogen-bond acceptors (Lipinski definition) is 7. The Balaban J connectivity index is 1.31. The van der Waals surface area contributed by atoms with Crippen molar-refractivity contribution in [3.8, 4) is 17.3 Å². The summed E-state index contributed by atoms with van der Waals surface area (Å²) in [6.45, 7) is 1.41. The molecule has 0 atom stereocenters. The second-order valence-electron chi connectivity index (χ2n) is 6.00. The minimum atomic E-state index is -3.65. The van der Waals surface area contributed by atoms with Crippen LogP contribution in [0.3, 0.4) is 0 Å². The van der Waals surface area contributed by atoms with Crippen molar-refractivity contribution in [1.82, 2.24) is 19.5 Å². The van der Waals surface area contributed by atoms with Crippen LogP contribution >= 0.6 is 0 Å². The fourth-order valence-electron chi connectivity index (χ4n) is 2.69. The van der Waals surface area contributed by atoms with Crippen LogP contribution in [0.4, 0.5) is 5.82 Å². The number of nitrogens with zero attached hydrogens (tertiary/aromatic N) is 3. The zero-order valence-electron chi connectivity index (χ0n) is 14.9. The van der Waals surface area contributed by atoms with Crippen LogP contribution in [-0.2, 0) is 10.0 Å². The monoisotopic (exact) mass is 401 g/mol. The standard InChI is InChI=1S/C18H19N5O4S/c24-28(25,14-3-4-15-16(13-14)27-12-11-26-15)20-8-7-19-17-5-6-18(22-21-17)23-9-1-2-10-23/h1-6,9-10,13,20H,7-8,11-12H2,(H,19,21). The van der Waals surface area contributed by atoms with E-state index < -0.39 is 10.0 Å². The number of fused-ring (bicyclic) bond motifs is 1. The third kappa shape index (κ3) is 4.07. The summed E-state index contributed by atoms with van der Waals surface area (Å²) in [5.74, 6) is 2.25. The molecule has 3 aromatic rings. The molecule has 0 unspecified atom stereocenters. The van der Waals surface area contributed by atoms with Gasteiger partial charge in [-0.1, -0.05) is 0 Å². The maximum atomic E-state index is 12.4. The minimum Gasteiger partial charge on any atom is -0.486 e. The summed E-state index contributed by atoms with van der Waals surface area (Å²) in [5.41, 5.74) is 0. The Kier molecular flexibility index (Phi) is 5.13. The van der Waals surface area contributed by atoms with Gasteiger partial charge in [-0.2, -0.15) is 0 Å². The highest BCUT2D eigenvalue weighted by atomic mass is 32.2. The topological polar surface area (TPSA) is 107 Å². The summed E-state index contributed by atoms with van der Waals surface area (Å²) in [6.07, 6.45) is 3.76. The molecule has 4 rings (SSSR count). The van der Waals surface area contributed by atoms with Gasteiger partial charge in [0.2, 0.25) is 10.0 Å². The Labute approximate surface area is 162 Å². The van der Waals surface area contributed by atoms with Gasteiger partial charge in [-0.3, -0.25) is 0 Å². The molecule has 0 aliphatic carbocycles. The van der Waals surface area contributed by atoms with Crippen molar-refractivity contribution >= 4 is 15.8 Å². The van der Waals surface area contributed by atoms with Crippen LogP contribution in [-0.4, -0.2) is 49.5 Å². The van der Waals surface area contributed by atoms with Gasteiger partial charge in [-0.05, 0) is 36.4 Å². The number of rotatable bonds is 7. The van der Waals surface area contributed by atoms with Gasteiger partial charge in [0.15, 0.2) is 17.3 Å². The average molecular weight is 401 g/mol. The first kappa shape index (κ1) is 18.3. The first-order valence-corrected chi connectivity index (χ1v) is 10.2. The van der Waals surface area contributed by atoms with E-state index in [-0.39, 0.29) is 11.4 Å². The molecule has 1 aromatic carbocycles. The lowest BCUT2D eigenvalue weighted by Gasteiger charge is -2.19. The van der Waals surface area contributed by atoms with Gasteiger partial charge in [-0.15, -0.1) is 10.2 Å². The number of sulfonamides is 1. The van der Waals surface area contributed by atoms with E-state index in [4.69, 9.17) is 9.47 Å². The lowest BCUT2D eigenvalue weighted by atomic mass is 10.3. The van der Waals surface area contributed by atoms with Crippen LogP contribution in [0.15, 0.2) is 59.8 Å². The summed E-state index contributed by atoms with van der Waals surface area (Å²) in [7, 11) is -3.65. The molecule has 9 nitrogen and oxygen atoms in total. The highest BCUT2D eigenvalue weighted by molar-refractivity contribution is 7.89. The summed E-state index contributed by atoms with van der Waals surface area (Å²) in [6, 6.07) is 12.0. The van der Waals surface area contributed by atoms with Gasteiger partial charge in [0.1, 0.15) is 19.0 Å². The van der Waals surface area contributed by atoms with Crippen molar-refractivity contribution in [3.63, 3.8) is 0 Å². The van der Waals surface area contributed by atoms with Gasteiger partial charge in [-0.25, -0.2) is 13.1 Å². The molecule has 2 N–H and O–H groups in total. The summed E-state index contributed by atoms with van der Waals surface area (Å²) < 4.78 is 40.1. The fraction of sp³-hybridized carbons (Fsp3) is 0.222. The van der Waals surface area contributed by atoms with E-state index in [9.17, 15) is 8.42 Å². The molecule has 0 saturated heterocycles. The molecule has 1 aliphatic heterocycles. The van der Waals surface area contributed by atoms with Crippen LogP contribution in [0.25, 0.3) is 5.82 Å². The van der Waals surface area contributed by atoms with Crippen molar-refractivity contribution in [1.29, 1.82) is 0 Å². The average Bonchev–Trinajstić information content (AvgIpc) is 3.26. The van der Waals surface area contributed by atoms with Gasteiger partial charge in [0.25, 0.3) is 0 Å². The normalized spacial score (nSPS) is 13.3. The zero-order chi connectivity index (χ0) is 19.4. The Hall–Kier alpha value is -3.11. The first-order valence-electron chi connectivity index (χ1n) is 8.72. The fourth-order valence-corrected chi connectivity index (χ4v) is 3.74. The molecule has 0 spiro atoms. The van der Waals surface area contributed by atoms with Crippen LogP contribution in [0.2, 0.25) is 0 Å². The Morgan fingerprint density at radius 2 is 1.75 bits per heavy atom. The predicted molar refractivity (Wildman–Crippen MR) is 102 cm³/mol. The van der Waals surface area contributed by atoms with Crippen LogP contribution in [0.1, 0.15) is 0 Å². The SMILES string of the molecule is O=S(=O)(NCCNc1ccc(-n2cccc2)nn1)c1ccc2c(c1)OCCO2. The maximum absolute atomic E-state index is 12.4. The summed E-state index contributed by atoms with van der Waals surface area (Å²) in [4.78, 5) is 0.132. The molecular weight excluding hydrogens is 382 g/mol. The molecular formula is C18H19N5O4S. The zero-order valence-corrected chi connectivity index (χ0v) is 15.7. The second kappa shape index (κ2) is 7.87. The van der Waals surface area contributed by atoms with Crippen molar-refractivity contribution in [2.75, 3.05) is 31.6 Å². The largest absolute Gasteiger partial charge is 0.486 e. The molecule has 1 aliphatic rings. The second-order valence-corrected chi connectivity index (χ2v) is 7.76. The molecule has 0 radical (unpaired) electrons. The maximum Gasteiger partial charge on any atom is 0.240 e. The summed E-state index contributed by atoms with van der Waals surface area (Å²) >= 11 is 0. The molecule has 0 amide bonds.